The van der Waals surface area contributed by atoms with Crippen molar-refractivity contribution in [3.63, 3.8) is 0 Å². The summed E-state index contributed by atoms with van der Waals surface area (Å²) in [6.07, 6.45) is 2.27. The molecule has 1 fully saturated rings. The van der Waals surface area contributed by atoms with E-state index in [0.717, 1.165) is 32.6 Å². The Bertz CT molecular complexity index is 280. The molecule has 0 amide bonds. The number of para-hydroxylation sites is 1. The van der Waals surface area contributed by atoms with Gasteiger partial charge < -0.3 is 9.64 Å². The van der Waals surface area contributed by atoms with E-state index in [1.807, 2.05) is 12.1 Å². The molecule has 2 heteroatoms. The van der Waals surface area contributed by atoms with E-state index < -0.39 is 0 Å². The van der Waals surface area contributed by atoms with E-state index in [4.69, 9.17) is 4.74 Å². The Balaban J connectivity index is 2.09. The minimum absolute atomic E-state index is 0.627. The van der Waals surface area contributed by atoms with Crippen molar-refractivity contribution in [2.24, 2.45) is 0 Å². The van der Waals surface area contributed by atoms with Crippen LogP contribution in [0.25, 0.3) is 0 Å². The van der Waals surface area contributed by atoms with Gasteiger partial charge in [-0.05, 0) is 25.8 Å². The molecule has 2 rings (SSSR count). The van der Waals surface area contributed by atoms with Crippen molar-refractivity contribution in [1.29, 1.82) is 0 Å². The number of nitrogens with zero attached hydrogens (tertiary/aromatic N) is 1. The van der Waals surface area contributed by atoms with E-state index in [1.165, 1.54) is 5.69 Å². The molecule has 1 aromatic carbocycles. The number of anilines is 1. The van der Waals surface area contributed by atoms with Crippen LogP contribution in [0.3, 0.4) is 0 Å². The van der Waals surface area contributed by atoms with E-state index in [9.17, 15) is 0 Å². The van der Waals surface area contributed by atoms with Crippen LogP contribution in [0.4, 0.5) is 5.69 Å². The van der Waals surface area contributed by atoms with Gasteiger partial charge in [0, 0.05) is 37.6 Å². The molecule has 0 atom stereocenters. The summed E-state index contributed by atoms with van der Waals surface area (Å²) in [6, 6.07) is 12.1. The van der Waals surface area contributed by atoms with Gasteiger partial charge in [-0.15, -0.1) is 0 Å². The standard InChI is InChI=1S/C13H18NO/c1-2-14(12-6-4-3-5-7-12)13-8-10-15-11-9-13/h3-6,13H,2,8-11H2,1H3. The Morgan fingerprint density at radius 2 is 2.20 bits per heavy atom. The molecule has 1 radical (unpaired) electrons. The summed E-state index contributed by atoms with van der Waals surface area (Å²) in [5.74, 6) is 0. The summed E-state index contributed by atoms with van der Waals surface area (Å²) in [6.45, 7) is 5.05. The molecule has 81 valence electrons. The first kappa shape index (κ1) is 10.5. The molecule has 15 heavy (non-hydrogen) atoms. The molecule has 0 aliphatic carbocycles. The predicted octanol–water partition coefficient (Wildman–Crippen LogP) is 2.49. The van der Waals surface area contributed by atoms with Crippen LogP contribution in [0, 0.1) is 6.07 Å². The van der Waals surface area contributed by atoms with Crippen molar-refractivity contribution in [1.82, 2.24) is 0 Å². The molecular weight excluding hydrogens is 186 g/mol. The van der Waals surface area contributed by atoms with E-state index in [2.05, 4.69) is 30.0 Å². The predicted molar refractivity (Wildman–Crippen MR) is 62.1 cm³/mol. The molecule has 0 N–H and O–H groups in total. The molecule has 1 saturated heterocycles. The zero-order chi connectivity index (χ0) is 10.5. The number of hydrogen-bond donors (Lipinski definition) is 0. The summed E-state index contributed by atoms with van der Waals surface area (Å²) >= 11 is 0. The van der Waals surface area contributed by atoms with Crippen LogP contribution in [0.2, 0.25) is 0 Å². The maximum atomic E-state index is 5.39. The van der Waals surface area contributed by atoms with Gasteiger partial charge in [0.2, 0.25) is 0 Å². The van der Waals surface area contributed by atoms with Gasteiger partial charge in [0.15, 0.2) is 0 Å². The van der Waals surface area contributed by atoms with Crippen LogP contribution in [0.1, 0.15) is 19.8 Å². The van der Waals surface area contributed by atoms with Crippen LogP contribution >= 0.6 is 0 Å². The lowest BCUT2D eigenvalue weighted by Crippen LogP contribution is -2.39. The summed E-state index contributed by atoms with van der Waals surface area (Å²) in [4.78, 5) is 2.43. The molecule has 0 aromatic heterocycles. The molecule has 1 aromatic rings. The van der Waals surface area contributed by atoms with Crippen LogP contribution in [0.15, 0.2) is 24.3 Å². The molecule has 1 aliphatic rings. The SMILES string of the molecule is CCN(c1[c]cccc1)C1CCOCC1. The second-order valence-electron chi connectivity index (χ2n) is 3.88. The molecule has 0 spiro atoms. The van der Waals surface area contributed by atoms with Gasteiger partial charge in [0.25, 0.3) is 0 Å². The fourth-order valence-electron chi connectivity index (χ4n) is 2.18. The maximum Gasteiger partial charge on any atom is 0.0485 e. The first-order valence-corrected chi connectivity index (χ1v) is 5.73. The average molecular weight is 204 g/mol. The Morgan fingerprint density at radius 1 is 1.40 bits per heavy atom. The third-order valence-corrected chi connectivity index (χ3v) is 2.97. The normalized spacial score (nSPS) is 17.7. The van der Waals surface area contributed by atoms with Crippen molar-refractivity contribution in [3.05, 3.63) is 30.3 Å². The van der Waals surface area contributed by atoms with Crippen molar-refractivity contribution in [3.8, 4) is 0 Å². The average Bonchev–Trinajstić information content (AvgIpc) is 2.33. The largest absolute Gasteiger partial charge is 0.381 e. The smallest absolute Gasteiger partial charge is 0.0485 e. The van der Waals surface area contributed by atoms with Gasteiger partial charge in [0.1, 0.15) is 0 Å². The first-order chi connectivity index (χ1) is 7.42. The summed E-state index contributed by atoms with van der Waals surface area (Å²) in [5.41, 5.74) is 1.21. The second-order valence-corrected chi connectivity index (χ2v) is 3.88. The van der Waals surface area contributed by atoms with Gasteiger partial charge in [-0.3, -0.25) is 0 Å². The van der Waals surface area contributed by atoms with Gasteiger partial charge in [-0.1, -0.05) is 18.2 Å². The fourth-order valence-corrected chi connectivity index (χ4v) is 2.18. The molecule has 2 nitrogen and oxygen atoms in total. The topological polar surface area (TPSA) is 12.5 Å². The Morgan fingerprint density at radius 3 is 2.80 bits per heavy atom. The highest BCUT2D eigenvalue weighted by Crippen LogP contribution is 2.21. The zero-order valence-corrected chi connectivity index (χ0v) is 9.28. The molecule has 0 saturated carbocycles. The summed E-state index contributed by atoms with van der Waals surface area (Å²) < 4.78 is 5.39. The maximum absolute atomic E-state index is 5.39. The quantitative estimate of drug-likeness (QED) is 0.750. The van der Waals surface area contributed by atoms with Crippen LogP contribution in [0.5, 0.6) is 0 Å². The van der Waals surface area contributed by atoms with Crippen LogP contribution in [-0.2, 0) is 4.74 Å². The number of benzene rings is 1. The molecule has 1 aliphatic heterocycles. The highest BCUT2D eigenvalue weighted by atomic mass is 16.5. The molecule has 1 heterocycles. The van der Waals surface area contributed by atoms with Gasteiger partial charge in [-0.2, -0.15) is 0 Å². The first-order valence-electron chi connectivity index (χ1n) is 5.73. The summed E-state index contributed by atoms with van der Waals surface area (Å²) in [5, 5.41) is 0. The molecule has 0 bridgehead atoms. The van der Waals surface area contributed by atoms with Crippen molar-refractivity contribution < 1.29 is 4.74 Å². The van der Waals surface area contributed by atoms with Crippen molar-refractivity contribution >= 4 is 5.69 Å². The number of rotatable bonds is 3. The fraction of sp³-hybridized carbons (Fsp3) is 0.538. The van der Waals surface area contributed by atoms with Crippen molar-refractivity contribution in [2.75, 3.05) is 24.7 Å². The lowest BCUT2D eigenvalue weighted by atomic mass is 10.1. The highest BCUT2D eigenvalue weighted by Gasteiger charge is 2.20. The second kappa shape index (κ2) is 5.17. The van der Waals surface area contributed by atoms with Crippen LogP contribution < -0.4 is 4.90 Å². The Kier molecular flexibility index (Phi) is 3.62. The summed E-state index contributed by atoms with van der Waals surface area (Å²) in [7, 11) is 0. The van der Waals surface area contributed by atoms with E-state index in [1.54, 1.807) is 0 Å². The van der Waals surface area contributed by atoms with Gasteiger partial charge in [0.05, 0.1) is 0 Å². The Hall–Kier alpha value is -1.02. The number of hydrogen-bond acceptors (Lipinski definition) is 2. The minimum Gasteiger partial charge on any atom is -0.381 e. The van der Waals surface area contributed by atoms with E-state index in [0.29, 0.717) is 6.04 Å². The Labute approximate surface area is 91.9 Å². The van der Waals surface area contributed by atoms with Gasteiger partial charge in [-0.25, -0.2) is 0 Å². The lowest BCUT2D eigenvalue weighted by molar-refractivity contribution is 0.0846. The lowest BCUT2D eigenvalue weighted by Gasteiger charge is -2.35. The molecule has 0 unspecified atom stereocenters. The zero-order valence-electron chi connectivity index (χ0n) is 9.28. The highest BCUT2D eigenvalue weighted by molar-refractivity contribution is 5.45. The third-order valence-electron chi connectivity index (χ3n) is 2.97. The number of ether oxygens (including phenoxy) is 1. The minimum atomic E-state index is 0.627. The third kappa shape index (κ3) is 2.51. The van der Waals surface area contributed by atoms with Crippen LogP contribution in [-0.4, -0.2) is 25.8 Å². The molecular formula is C13H18NO. The van der Waals surface area contributed by atoms with Crippen molar-refractivity contribution in [2.45, 2.75) is 25.8 Å². The monoisotopic (exact) mass is 204 g/mol. The van der Waals surface area contributed by atoms with Gasteiger partial charge >= 0.3 is 0 Å². The van der Waals surface area contributed by atoms with E-state index >= 15 is 0 Å². The van der Waals surface area contributed by atoms with E-state index in [-0.39, 0.29) is 0 Å².